The van der Waals surface area contributed by atoms with Crippen LogP contribution in [0.15, 0.2) is 6.33 Å². The van der Waals surface area contributed by atoms with Gasteiger partial charge in [-0.25, -0.2) is 9.78 Å². The predicted octanol–water partition coefficient (Wildman–Crippen LogP) is 1.73. The highest BCUT2D eigenvalue weighted by Gasteiger charge is 2.46. The van der Waals surface area contributed by atoms with Crippen molar-refractivity contribution in [1.29, 1.82) is 0 Å². The van der Waals surface area contributed by atoms with E-state index in [0.29, 0.717) is 30.1 Å². The molecule has 24 heavy (non-hydrogen) atoms. The number of carbonyl (C=O) groups is 1. The van der Waals surface area contributed by atoms with Gasteiger partial charge in [-0.2, -0.15) is 9.97 Å². The molecule has 1 aliphatic heterocycles. The molecule has 2 aromatic rings. The Morgan fingerprint density at radius 3 is 3.04 bits per heavy atom. The first-order valence-corrected chi connectivity index (χ1v) is 8.42. The third-order valence-corrected chi connectivity index (χ3v) is 5.06. The summed E-state index contributed by atoms with van der Waals surface area (Å²) < 4.78 is 12.9. The number of nitrogens with two attached hydrogens (primary N) is 1. The standard InChI is InChI=1S/C15H18ClN5O3/c1-2-23-14(22)10-4-7-3-8(5-9(7)24-10)21-6-18-11-12(16)19-15(17)20-13(11)21/h6-10H,2-5H2,1H3,(H2,17,19,20)/t7-,8+,9-,10-/m0/s1. The highest BCUT2D eigenvalue weighted by molar-refractivity contribution is 6.33. The largest absolute Gasteiger partial charge is 0.464 e. The smallest absolute Gasteiger partial charge is 0.335 e. The molecule has 4 atom stereocenters. The van der Waals surface area contributed by atoms with Crippen LogP contribution in [0.3, 0.4) is 0 Å². The van der Waals surface area contributed by atoms with Crippen LogP contribution in [0.2, 0.25) is 5.15 Å². The molecular weight excluding hydrogens is 334 g/mol. The molecule has 128 valence electrons. The average Bonchev–Trinajstić information content (AvgIpc) is 3.18. The molecule has 2 aliphatic rings. The lowest BCUT2D eigenvalue weighted by atomic mass is 10.0. The van der Waals surface area contributed by atoms with Crippen molar-refractivity contribution in [2.24, 2.45) is 5.92 Å². The molecule has 0 unspecified atom stereocenters. The first-order valence-electron chi connectivity index (χ1n) is 8.04. The summed E-state index contributed by atoms with van der Waals surface area (Å²) >= 11 is 6.08. The van der Waals surface area contributed by atoms with Gasteiger partial charge in [-0.1, -0.05) is 11.6 Å². The molecule has 2 fully saturated rings. The van der Waals surface area contributed by atoms with Crippen molar-refractivity contribution in [2.75, 3.05) is 12.3 Å². The van der Waals surface area contributed by atoms with E-state index >= 15 is 0 Å². The van der Waals surface area contributed by atoms with E-state index in [4.69, 9.17) is 26.8 Å². The number of nitrogen functional groups attached to an aromatic ring is 1. The molecular formula is C15H18ClN5O3. The molecule has 2 N–H and O–H groups in total. The summed E-state index contributed by atoms with van der Waals surface area (Å²) in [5, 5.41) is 0.257. The number of fused-ring (bicyclic) bond motifs is 2. The zero-order chi connectivity index (χ0) is 16.8. The summed E-state index contributed by atoms with van der Waals surface area (Å²) in [5.74, 6) is 0.200. The first-order chi connectivity index (χ1) is 11.6. The van der Waals surface area contributed by atoms with Gasteiger partial charge < -0.3 is 19.8 Å². The van der Waals surface area contributed by atoms with Crippen LogP contribution in [0.4, 0.5) is 5.95 Å². The summed E-state index contributed by atoms with van der Waals surface area (Å²) in [6, 6.07) is 0.193. The van der Waals surface area contributed by atoms with Gasteiger partial charge in [-0.05, 0) is 32.1 Å². The molecule has 0 aromatic carbocycles. The minimum atomic E-state index is -0.437. The fourth-order valence-corrected chi connectivity index (χ4v) is 4.01. The zero-order valence-electron chi connectivity index (χ0n) is 13.2. The first kappa shape index (κ1) is 15.6. The molecule has 9 heteroatoms. The molecule has 0 bridgehead atoms. The highest BCUT2D eigenvalue weighted by Crippen LogP contribution is 2.45. The highest BCUT2D eigenvalue weighted by atomic mass is 35.5. The number of imidazole rings is 1. The second-order valence-electron chi connectivity index (χ2n) is 6.23. The van der Waals surface area contributed by atoms with E-state index < -0.39 is 6.10 Å². The van der Waals surface area contributed by atoms with Crippen LogP contribution in [0.1, 0.15) is 32.2 Å². The lowest BCUT2D eigenvalue weighted by molar-refractivity contribution is -0.155. The maximum Gasteiger partial charge on any atom is 0.335 e. The summed E-state index contributed by atoms with van der Waals surface area (Å²) in [6.07, 6.45) is 3.73. The van der Waals surface area contributed by atoms with Crippen LogP contribution >= 0.6 is 11.6 Å². The Hall–Kier alpha value is -1.93. The minimum absolute atomic E-state index is 0.0523. The molecule has 1 saturated heterocycles. The molecule has 1 aliphatic carbocycles. The Morgan fingerprint density at radius 1 is 1.46 bits per heavy atom. The van der Waals surface area contributed by atoms with Crippen LogP contribution in [-0.2, 0) is 14.3 Å². The van der Waals surface area contributed by atoms with Crippen LogP contribution in [0, 0.1) is 5.92 Å². The average molecular weight is 352 g/mol. The number of esters is 1. The maximum absolute atomic E-state index is 11.8. The maximum atomic E-state index is 11.8. The van der Waals surface area contributed by atoms with Gasteiger partial charge in [0.05, 0.1) is 19.0 Å². The van der Waals surface area contributed by atoms with Crippen LogP contribution in [0.25, 0.3) is 11.2 Å². The van der Waals surface area contributed by atoms with Gasteiger partial charge in [0.1, 0.15) is 5.52 Å². The predicted molar refractivity (Wildman–Crippen MR) is 86.4 cm³/mol. The number of carbonyl (C=O) groups excluding carboxylic acids is 1. The topological polar surface area (TPSA) is 105 Å². The van der Waals surface area contributed by atoms with Crippen LogP contribution in [0.5, 0.6) is 0 Å². The van der Waals surface area contributed by atoms with E-state index in [1.54, 1.807) is 13.3 Å². The number of nitrogens with zero attached hydrogens (tertiary/aromatic N) is 4. The number of ether oxygens (including phenoxy) is 2. The Kier molecular flexibility index (Phi) is 3.80. The lowest BCUT2D eigenvalue weighted by Gasteiger charge is -2.16. The Labute approximate surface area is 143 Å². The number of anilines is 1. The van der Waals surface area contributed by atoms with Crippen molar-refractivity contribution in [2.45, 2.75) is 44.4 Å². The summed E-state index contributed by atoms with van der Waals surface area (Å²) in [6.45, 7) is 2.17. The van der Waals surface area contributed by atoms with Gasteiger partial charge in [0.2, 0.25) is 5.95 Å². The van der Waals surface area contributed by atoms with Gasteiger partial charge in [0.15, 0.2) is 16.9 Å². The van der Waals surface area contributed by atoms with Crippen LogP contribution < -0.4 is 5.73 Å². The second-order valence-corrected chi connectivity index (χ2v) is 6.59. The molecule has 3 heterocycles. The molecule has 0 radical (unpaired) electrons. The quantitative estimate of drug-likeness (QED) is 0.663. The van der Waals surface area contributed by atoms with Crippen molar-refractivity contribution >= 4 is 34.7 Å². The van der Waals surface area contributed by atoms with Crippen molar-refractivity contribution in [3.8, 4) is 0 Å². The van der Waals surface area contributed by atoms with Crippen LogP contribution in [-0.4, -0.2) is 44.3 Å². The Morgan fingerprint density at radius 2 is 2.29 bits per heavy atom. The minimum Gasteiger partial charge on any atom is -0.464 e. The molecule has 2 aromatic heterocycles. The van der Waals surface area contributed by atoms with E-state index in [9.17, 15) is 4.79 Å². The summed E-state index contributed by atoms with van der Waals surface area (Å²) in [4.78, 5) is 24.3. The zero-order valence-corrected chi connectivity index (χ0v) is 13.9. The molecule has 8 nitrogen and oxygen atoms in total. The van der Waals surface area contributed by atoms with E-state index in [0.717, 1.165) is 12.8 Å². The Bertz CT molecular complexity index is 781. The summed E-state index contributed by atoms with van der Waals surface area (Å²) in [5.41, 5.74) is 6.89. The Balaban J connectivity index is 1.53. The second kappa shape index (κ2) is 5.86. The monoisotopic (exact) mass is 351 g/mol. The fourth-order valence-electron chi connectivity index (χ4n) is 3.79. The number of hydrogen-bond acceptors (Lipinski definition) is 7. The third kappa shape index (κ3) is 2.50. The normalized spacial score (nSPS) is 29.1. The molecule has 0 spiro atoms. The SMILES string of the molecule is CCOC(=O)[C@@H]1C[C@@H]2C[C@@H](n3cnc4c(Cl)nc(N)nc43)C[C@@H]2O1. The van der Waals surface area contributed by atoms with E-state index in [2.05, 4.69) is 15.0 Å². The van der Waals surface area contributed by atoms with E-state index in [-0.39, 0.29) is 29.2 Å². The summed E-state index contributed by atoms with van der Waals surface area (Å²) in [7, 11) is 0. The number of rotatable bonds is 3. The number of aromatic nitrogens is 4. The van der Waals surface area contributed by atoms with Crippen molar-refractivity contribution < 1.29 is 14.3 Å². The van der Waals surface area contributed by atoms with E-state index in [1.807, 2.05) is 4.57 Å². The van der Waals surface area contributed by atoms with Crippen molar-refractivity contribution in [1.82, 2.24) is 19.5 Å². The van der Waals surface area contributed by atoms with Crippen molar-refractivity contribution in [3.05, 3.63) is 11.5 Å². The number of hydrogen-bond donors (Lipinski definition) is 1. The third-order valence-electron chi connectivity index (χ3n) is 4.80. The fraction of sp³-hybridized carbons (Fsp3) is 0.600. The van der Waals surface area contributed by atoms with Crippen molar-refractivity contribution in [3.63, 3.8) is 0 Å². The molecule has 4 rings (SSSR count). The number of halogens is 1. The van der Waals surface area contributed by atoms with Gasteiger partial charge >= 0.3 is 5.97 Å². The molecule has 0 amide bonds. The lowest BCUT2D eigenvalue weighted by Crippen LogP contribution is -2.24. The van der Waals surface area contributed by atoms with Gasteiger partial charge in [0, 0.05) is 6.04 Å². The van der Waals surface area contributed by atoms with Gasteiger partial charge in [0.25, 0.3) is 0 Å². The van der Waals surface area contributed by atoms with Gasteiger partial charge in [-0.3, -0.25) is 0 Å². The molecule has 1 saturated carbocycles. The van der Waals surface area contributed by atoms with E-state index in [1.165, 1.54) is 0 Å². The van der Waals surface area contributed by atoms with Gasteiger partial charge in [-0.15, -0.1) is 0 Å².